The van der Waals surface area contributed by atoms with Crippen LogP contribution >= 0.6 is 0 Å². The van der Waals surface area contributed by atoms with Crippen LogP contribution in [0, 0.1) is 11.6 Å². The lowest BCUT2D eigenvalue weighted by Gasteiger charge is -2.17. The Labute approximate surface area is 416 Å². The summed E-state index contributed by atoms with van der Waals surface area (Å²) < 4.78 is 38.0. The van der Waals surface area contributed by atoms with Crippen molar-refractivity contribution < 1.29 is 8.78 Å². The lowest BCUT2D eigenvalue weighted by Crippen LogP contribution is -2.12. The van der Waals surface area contributed by atoms with E-state index in [2.05, 4.69) is 177 Å². The second kappa shape index (κ2) is 15.8. The van der Waals surface area contributed by atoms with E-state index in [9.17, 15) is 8.78 Å². The second-order valence-corrected chi connectivity index (χ2v) is 19.1. The van der Waals surface area contributed by atoms with Gasteiger partial charge in [-0.05, 0) is 120 Å². The molecule has 7 nitrogen and oxygen atoms in total. The number of aromatic nitrogens is 7. The molecule has 0 radical (unpaired) electrons. The van der Waals surface area contributed by atoms with E-state index < -0.39 is 0 Å². The van der Waals surface area contributed by atoms with E-state index in [4.69, 9.17) is 15.0 Å². The molecular formula is C64H41F2N7. The standard InChI is InChI=1S/C64H41F2N7/c1-38-12-11-21-55-59(38)60-56(35-34-49-46-15-5-9-19-53(46)71(61(49)60)45-32-28-43(66)29-33-45)73(55)64-68-62(41-24-22-40(23-25-41)39-13-3-2-4-14-39)67-63(69-64)72-54-20-10-7-17-48(54)51-36-50-47-16-6-8-18-52(47)70(57(50)37-58(51)72)44-30-26-42(65)27-31-44/h2-11,13-38H,12H2,1H3. The number of rotatable bonds is 6. The third-order valence-corrected chi connectivity index (χ3v) is 15.0. The van der Waals surface area contributed by atoms with Crippen LogP contribution in [0.4, 0.5) is 8.78 Å². The van der Waals surface area contributed by atoms with E-state index >= 15 is 0 Å². The quantitative estimate of drug-likeness (QED) is 0.167. The topological polar surface area (TPSA) is 58.4 Å². The Bertz CT molecular complexity index is 4600. The minimum Gasteiger partial charge on any atom is -0.309 e. The van der Waals surface area contributed by atoms with Gasteiger partial charge in [-0.15, -0.1) is 0 Å². The van der Waals surface area contributed by atoms with Crippen molar-refractivity contribution in [2.75, 3.05) is 0 Å². The van der Waals surface area contributed by atoms with Crippen LogP contribution < -0.4 is 0 Å². The third kappa shape index (κ3) is 6.18. The number of hydrogen-bond donors (Lipinski definition) is 0. The van der Waals surface area contributed by atoms with Crippen LogP contribution in [0.15, 0.2) is 206 Å². The van der Waals surface area contributed by atoms with Crippen molar-refractivity contribution >= 4 is 82.4 Å². The van der Waals surface area contributed by atoms with E-state index in [-0.39, 0.29) is 17.6 Å². The van der Waals surface area contributed by atoms with Gasteiger partial charge in [0.05, 0.1) is 44.3 Å². The lowest BCUT2D eigenvalue weighted by atomic mass is 9.90. The fraction of sp³-hybridized carbons (Fsp3) is 0.0469. The molecule has 5 aromatic heterocycles. The molecule has 73 heavy (non-hydrogen) atoms. The molecule has 0 bridgehead atoms. The average Bonchev–Trinajstić information content (AvgIpc) is 4.16. The molecule has 0 saturated carbocycles. The van der Waals surface area contributed by atoms with Crippen molar-refractivity contribution in [1.29, 1.82) is 0 Å². The van der Waals surface area contributed by atoms with Crippen molar-refractivity contribution in [1.82, 2.24) is 33.2 Å². The van der Waals surface area contributed by atoms with Gasteiger partial charge in [0.2, 0.25) is 11.9 Å². The highest BCUT2D eigenvalue weighted by Gasteiger charge is 2.30. The van der Waals surface area contributed by atoms with Gasteiger partial charge in [-0.25, -0.2) is 8.78 Å². The summed E-state index contributed by atoms with van der Waals surface area (Å²) in [6, 6.07) is 66.5. The minimum atomic E-state index is -0.287. The van der Waals surface area contributed by atoms with Crippen molar-refractivity contribution in [3.8, 4) is 45.8 Å². The molecule has 0 saturated heterocycles. The summed E-state index contributed by atoms with van der Waals surface area (Å²) in [5, 5.41) is 7.63. The Morgan fingerprint density at radius 2 is 0.932 bits per heavy atom. The first-order chi connectivity index (χ1) is 35.9. The van der Waals surface area contributed by atoms with Gasteiger partial charge in [0.15, 0.2) is 5.82 Å². The van der Waals surface area contributed by atoms with Gasteiger partial charge in [0.1, 0.15) is 11.6 Å². The van der Waals surface area contributed by atoms with Gasteiger partial charge in [-0.3, -0.25) is 9.13 Å². The molecule has 0 fully saturated rings. The highest BCUT2D eigenvalue weighted by atomic mass is 19.1. The molecule has 1 unspecified atom stereocenters. The maximum absolute atomic E-state index is 14.6. The number of allylic oxidation sites excluding steroid dienone is 1. The summed E-state index contributed by atoms with van der Waals surface area (Å²) in [5.74, 6) is 1.06. The molecule has 1 aliphatic carbocycles. The van der Waals surface area contributed by atoms with Crippen LogP contribution in [0.25, 0.3) is 128 Å². The zero-order valence-electron chi connectivity index (χ0n) is 39.4. The predicted octanol–water partition coefficient (Wildman–Crippen LogP) is 16.2. The normalized spacial score (nSPS) is 13.7. The highest BCUT2D eigenvalue weighted by Crippen LogP contribution is 2.46. The molecule has 9 aromatic carbocycles. The summed E-state index contributed by atoms with van der Waals surface area (Å²) in [5.41, 5.74) is 13.9. The molecular weight excluding hydrogens is 905 g/mol. The number of hydrogen-bond acceptors (Lipinski definition) is 3. The van der Waals surface area contributed by atoms with E-state index in [1.807, 2.05) is 36.4 Å². The largest absolute Gasteiger partial charge is 0.309 e. The highest BCUT2D eigenvalue weighted by molar-refractivity contribution is 6.21. The number of para-hydroxylation sites is 3. The maximum Gasteiger partial charge on any atom is 0.240 e. The molecule has 0 aliphatic heterocycles. The van der Waals surface area contributed by atoms with Crippen molar-refractivity contribution in [3.05, 3.63) is 229 Å². The molecule has 0 spiro atoms. The molecule has 5 heterocycles. The molecule has 0 amide bonds. The Morgan fingerprint density at radius 1 is 0.411 bits per heavy atom. The summed E-state index contributed by atoms with van der Waals surface area (Å²) in [7, 11) is 0. The molecule has 1 aliphatic rings. The van der Waals surface area contributed by atoms with Gasteiger partial charge >= 0.3 is 0 Å². The predicted molar refractivity (Wildman–Crippen MR) is 293 cm³/mol. The van der Waals surface area contributed by atoms with Crippen LogP contribution in [-0.4, -0.2) is 33.2 Å². The van der Waals surface area contributed by atoms with E-state index in [1.54, 1.807) is 0 Å². The van der Waals surface area contributed by atoms with Gasteiger partial charge < -0.3 is 9.13 Å². The Hall–Kier alpha value is -9.47. The summed E-state index contributed by atoms with van der Waals surface area (Å²) in [4.78, 5) is 16.5. The fourth-order valence-corrected chi connectivity index (χ4v) is 11.8. The molecule has 1 atom stereocenters. The molecule has 15 rings (SSSR count). The zero-order chi connectivity index (χ0) is 48.5. The number of nitrogens with zero attached hydrogens (tertiary/aromatic N) is 7. The van der Waals surface area contributed by atoms with Crippen molar-refractivity contribution in [3.63, 3.8) is 0 Å². The van der Waals surface area contributed by atoms with Crippen molar-refractivity contribution in [2.24, 2.45) is 0 Å². The zero-order valence-corrected chi connectivity index (χ0v) is 39.4. The van der Waals surface area contributed by atoms with E-state index in [0.717, 1.165) is 117 Å². The van der Waals surface area contributed by atoms with Crippen LogP contribution in [0.3, 0.4) is 0 Å². The van der Waals surface area contributed by atoms with Gasteiger partial charge in [-0.1, -0.05) is 128 Å². The van der Waals surface area contributed by atoms with Gasteiger partial charge in [-0.2, -0.15) is 15.0 Å². The minimum absolute atomic E-state index is 0.160. The van der Waals surface area contributed by atoms with E-state index in [1.165, 1.54) is 29.8 Å². The Morgan fingerprint density at radius 3 is 1.59 bits per heavy atom. The fourth-order valence-electron chi connectivity index (χ4n) is 11.8. The summed E-state index contributed by atoms with van der Waals surface area (Å²) in [6.07, 6.45) is 5.33. The maximum atomic E-state index is 14.6. The van der Waals surface area contributed by atoms with Crippen LogP contribution in [0.5, 0.6) is 0 Å². The first-order valence-electron chi connectivity index (χ1n) is 24.6. The van der Waals surface area contributed by atoms with E-state index in [0.29, 0.717) is 17.7 Å². The van der Waals surface area contributed by atoms with Crippen LogP contribution in [0.1, 0.15) is 30.5 Å². The van der Waals surface area contributed by atoms with Crippen LogP contribution in [0.2, 0.25) is 0 Å². The summed E-state index contributed by atoms with van der Waals surface area (Å²) >= 11 is 0. The molecule has 14 aromatic rings. The average molecular weight is 946 g/mol. The summed E-state index contributed by atoms with van der Waals surface area (Å²) in [6.45, 7) is 2.29. The Kier molecular flexibility index (Phi) is 8.93. The van der Waals surface area contributed by atoms with Crippen molar-refractivity contribution in [2.45, 2.75) is 19.3 Å². The first kappa shape index (κ1) is 41.3. The van der Waals surface area contributed by atoms with Gasteiger partial charge in [0, 0.05) is 54.6 Å². The first-order valence-corrected chi connectivity index (χ1v) is 24.6. The second-order valence-electron chi connectivity index (χ2n) is 19.1. The van der Waals surface area contributed by atoms with Gasteiger partial charge in [0.25, 0.3) is 0 Å². The van der Waals surface area contributed by atoms with Crippen LogP contribution in [-0.2, 0) is 0 Å². The molecule has 346 valence electrons. The smallest absolute Gasteiger partial charge is 0.240 e. The Balaban J connectivity index is 1.05. The molecule has 0 N–H and O–H groups in total. The number of halogens is 2. The lowest BCUT2D eigenvalue weighted by molar-refractivity contribution is 0.627. The molecule has 9 heteroatoms. The monoisotopic (exact) mass is 945 g/mol. The number of fused-ring (bicyclic) bond motifs is 13. The SMILES string of the molecule is CC1CC=Cc2c1c1c(ccc3c4ccccc4n(-c4ccc(F)cc4)c31)n2-c1nc(-c2ccc(-c3ccccc3)cc2)nc(-n2c3ccccc3c3cc4c5ccccc5n(-c5ccc(F)cc5)c4cc32)n1. The third-order valence-electron chi connectivity index (χ3n) is 15.0. The number of benzene rings is 9.